The second kappa shape index (κ2) is 9.25. The van der Waals surface area contributed by atoms with Crippen LogP contribution in [-0.2, 0) is 10.0 Å². The summed E-state index contributed by atoms with van der Waals surface area (Å²) >= 11 is 1.65. The van der Waals surface area contributed by atoms with Crippen LogP contribution < -0.4 is 14.8 Å². The summed E-state index contributed by atoms with van der Waals surface area (Å²) in [6.07, 6.45) is 2.00. The summed E-state index contributed by atoms with van der Waals surface area (Å²) < 4.78 is 32.3. The number of rotatable bonds is 8. The van der Waals surface area contributed by atoms with E-state index in [-0.39, 0.29) is 34.7 Å². The van der Waals surface area contributed by atoms with Crippen LogP contribution in [0.5, 0.6) is 5.75 Å². The van der Waals surface area contributed by atoms with Crippen LogP contribution in [0.25, 0.3) is 0 Å². The highest BCUT2D eigenvalue weighted by Crippen LogP contribution is 2.25. The van der Waals surface area contributed by atoms with Gasteiger partial charge < -0.3 is 10.1 Å². The number of carbonyl (C=O) groups excluding carboxylic acids is 1. The molecule has 146 valence electrons. The van der Waals surface area contributed by atoms with Crippen LogP contribution in [0.2, 0.25) is 0 Å². The van der Waals surface area contributed by atoms with Gasteiger partial charge in [-0.25, -0.2) is 13.1 Å². The van der Waals surface area contributed by atoms with E-state index in [1.807, 2.05) is 37.4 Å². The van der Waals surface area contributed by atoms with Gasteiger partial charge in [0.25, 0.3) is 5.91 Å². The number of hydrogen-bond acceptors (Lipinski definition) is 5. The lowest BCUT2D eigenvalue weighted by molar-refractivity contribution is 0.0939. The standard InChI is InChI=1S/C19H24N2O4S2/c1-5-20-27(23,24)18-12-15(8-11-17(18)25-3)19(22)21-13(2)14-6-9-16(26-4)10-7-14/h6-13,20H,5H2,1-4H3,(H,21,22). The van der Waals surface area contributed by atoms with Crippen LogP contribution in [0.3, 0.4) is 0 Å². The van der Waals surface area contributed by atoms with Gasteiger partial charge in [0, 0.05) is 17.0 Å². The van der Waals surface area contributed by atoms with Crippen LogP contribution in [0.4, 0.5) is 0 Å². The molecule has 8 heteroatoms. The molecule has 2 N–H and O–H groups in total. The van der Waals surface area contributed by atoms with Crippen LogP contribution >= 0.6 is 11.8 Å². The summed E-state index contributed by atoms with van der Waals surface area (Å²) in [4.78, 5) is 13.7. The van der Waals surface area contributed by atoms with Crippen molar-refractivity contribution >= 4 is 27.7 Å². The van der Waals surface area contributed by atoms with Crippen molar-refractivity contribution < 1.29 is 17.9 Å². The predicted molar refractivity (Wildman–Crippen MR) is 108 cm³/mol. The Balaban J connectivity index is 2.25. The van der Waals surface area contributed by atoms with Crippen molar-refractivity contribution in [2.45, 2.75) is 29.7 Å². The maximum atomic E-state index is 12.6. The summed E-state index contributed by atoms with van der Waals surface area (Å²) in [5, 5.41) is 2.90. The summed E-state index contributed by atoms with van der Waals surface area (Å²) in [6, 6.07) is 12.1. The minimum Gasteiger partial charge on any atom is -0.495 e. The molecule has 0 aliphatic carbocycles. The van der Waals surface area contributed by atoms with Gasteiger partial charge in [-0.1, -0.05) is 19.1 Å². The fraction of sp³-hybridized carbons (Fsp3) is 0.316. The Hall–Kier alpha value is -2.03. The average Bonchev–Trinajstić information content (AvgIpc) is 2.67. The van der Waals surface area contributed by atoms with Crippen molar-refractivity contribution in [1.82, 2.24) is 10.0 Å². The molecule has 2 aromatic carbocycles. The monoisotopic (exact) mass is 408 g/mol. The Kier molecular flexibility index (Phi) is 7.29. The number of benzene rings is 2. The van der Waals surface area contributed by atoms with Crippen molar-refractivity contribution in [1.29, 1.82) is 0 Å². The smallest absolute Gasteiger partial charge is 0.251 e. The average molecular weight is 409 g/mol. The SMILES string of the molecule is CCNS(=O)(=O)c1cc(C(=O)NC(C)c2ccc(SC)cc2)ccc1OC. The van der Waals surface area contributed by atoms with Crippen LogP contribution in [-0.4, -0.2) is 34.2 Å². The maximum Gasteiger partial charge on any atom is 0.251 e. The molecule has 2 rings (SSSR count). The van der Waals surface area contributed by atoms with Crippen molar-refractivity contribution in [2.24, 2.45) is 0 Å². The topological polar surface area (TPSA) is 84.5 Å². The molecular weight excluding hydrogens is 384 g/mol. The first-order valence-electron chi connectivity index (χ1n) is 8.45. The first-order valence-corrected chi connectivity index (χ1v) is 11.2. The Labute approximate surface area is 164 Å². The number of ether oxygens (including phenoxy) is 1. The molecule has 0 saturated carbocycles. The fourth-order valence-corrected chi connectivity index (χ4v) is 4.19. The third-order valence-corrected chi connectivity index (χ3v) is 6.32. The lowest BCUT2D eigenvalue weighted by Gasteiger charge is -2.16. The van der Waals surface area contributed by atoms with Gasteiger partial charge in [0.05, 0.1) is 13.2 Å². The number of carbonyl (C=O) groups is 1. The quantitative estimate of drug-likeness (QED) is 0.655. The minimum absolute atomic E-state index is 0.0588. The van der Waals surface area contributed by atoms with Crippen LogP contribution in [0, 0.1) is 0 Å². The Morgan fingerprint density at radius 3 is 2.41 bits per heavy atom. The molecule has 0 bridgehead atoms. The van der Waals surface area contributed by atoms with Gasteiger partial charge in [-0.05, 0) is 49.1 Å². The molecule has 0 saturated heterocycles. The molecule has 0 aliphatic rings. The number of thioether (sulfide) groups is 1. The van der Waals surface area contributed by atoms with Gasteiger partial charge in [-0.15, -0.1) is 11.8 Å². The molecule has 0 radical (unpaired) electrons. The highest BCUT2D eigenvalue weighted by atomic mass is 32.2. The zero-order chi connectivity index (χ0) is 20.0. The molecule has 0 aliphatic heterocycles. The van der Waals surface area contributed by atoms with E-state index in [1.165, 1.54) is 19.2 Å². The van der Waals surface area contributed by atoms with E-state index in [0.717, 1.165) is 10.5 Å². The van der Waals surface area contributed by atoms with E-state index in [1.54, 1.807) is 24.8 Å². The van der Waals surface area contributed by atoms with Crippen LogP contribution in [0.15, 0.2) is 52.3 Å². The molecular formula is C19H24N2O4S2. The maximum absolute atomic E-state index is 12.6. The Morgan fingerprint density at radius 1 is 1.19 bits per heavy atom. The van der Waals surface area contributed by atoms with Gasteiger partial charge in [0.1, 0.15) is 10.6 Å². The third-order valence-electron chi connectivity index (χ3n) is 4.01. The number of hydrogen-bond donors (Lipinski definition) is 2. The van der Waals surface area contributed by atoms with Crippen LogP contribution in [0.1, 0.15) is 35.8 Å². The van der Waals surface area contributed by atoms with Crippen molar-refractivity contribution in [3.05, 3.63) is 53.6 Å². The van der Waals surface area contributed by atoms with E-state index in [2.05, 4.69) is 10.0 Å². The molecule has 6 nitrogen and oxygen atoms in total. The largest absolute Gasteiger partial charge is 0.495 e. The molecule has 0 aromatic heterocycles. The highest BCUT2D eigenvalue weighted by Gasteiger charge is 2.21. The Morgan fingerprint density at radius 2 is 1.85 bits per heavy atom. The zero-order valence-electron chi connectivity index (χ0n) is 15.8. The lowest BCUT2D eigenvalue weighted by Crippen LogP contribution is -2.28. The molecule has 0 spiro atoms. The van der Waals surface area contributed by atoms with Crippen molar-refractivity contribution in [2.75, 3.05) is 19.9 Å². The summed E-state index contributed by atoms with van der Waals surface area (Å²) in [6.45, 7) is 3.81. The Bertz CT molecular complexity index is 896. The molecule has 1 amide bonds. The minimum atomic E-state index is -3.75. The van der Waals surface area contributed by atoms with E-state index < -0.39 is 10.0 Å². The third kappa shape index (κ3) is 5.24. The number of amides is 1. The molecule has 0 fully saturated rings. The zero-order valence-corrected chi connectivity index (χ0v) is 17.4. The fourth-order valence-electron chi connectivity index (χ4n) is 2.55. The first kappa shape index (κ1) is 21.3. The van der Waals surface area contributed by atoms with Gasteiger partial charge in [0.2, 0.25) is 10.0 Å². The normalized spacial score (nSPS) is 12.4. The second-order valence-electron chi connectivity index (χ2n) is 5.84. The van der Waals surface area contributed by atoms with Gasteiger partial charge >= 0.3 is 0 Å². The van der Waals surface area contributed by atoms with Gasteiger partial charge in [-0.3, -0.25) is 4.79 Å². The summed E-state index contributed by atoms with van der Waals surface area (Å²) in [7, 11) is -2.37. The number of sulfonamides is 1. The van der Waals surface area contributed by atoms with E-state index in [0.29, 0.717) is 0 Å². The molecule has 2 aromatic rings. The highest BCUT2D eigenvalue weighted by molar-refractivity contribution is 7.98. The molecule has 1 unspecified atom stereocenters. The van der Waals surface area contributed by atoms with E-state index >= 15 is 0 Å². The number of nitrogens with one attached hydrogen (secondary N) is 2. The predicted octanol–water partition coefficient (Wildman–Crippen LogP) is 3.21. The summed E-state index contributed by atoms with van der Waals surface area (Å²) in [5.74, 6) is -0.166. The molecule has 0 heterocycles. The number of methoxy groups -OCH3 is 1. The molecule has 27 heavy (non-hydrogen) atoms. The summed E-state index contributed by atoms with van der Waals surface area (Å²) in [5.41, 5.74) is 1.22. The van der Waals surface area contributed by atoms with Gasteiger partial charge in [0.15, 0.2) is 0 Å². The van der Waals surface area contributed by atoms with E-state index in [9.17, 15) is 13.2 Å². The van der Waals surface area contributed by atoms with Crippen molar-refractivity contribution in [3.63, 3.8) is 0 Å². The first-order chi connectivity index (χ1) is 12.8. The molecule has 1 atom stereocenters. The second-order valence-corrected chi connectivity index (χ2v) is 8.45. The van der Waals surface area contributed by atoms with Gasteiger partial charge in [-0.2, -0.15) is 0 Å². The van der Waals surface area contributed by atoms with E-state index in [4.69, 9.17) is 4.74 Å². The lowest BCUT2D eigenvalue weighted by atomic mass is 10.1. The van der Waals surface area contributed by atoms with Crippen molar-refractivity contribution in [3.8, 4) is 5.75 Å².